The summed E-state index contributed by atoms with van der Waals surface area (Å²) in [5.41, 5.74) is 1.68. The molecule has 0 saturated heterocycles. The Morgan fingerprint density at radius 3 is 2.84 bits per heavy atom. The third kappa shape index (κ3) is 3.12. The number of halogens is 1. The minimum atomic E-state index is -0.724. The molecule has 1 aliphatic rings. The third-order valence-electron chi connectivity index (χ3n) is 5.50. The van der Waals surface area contributed by atoms with E-state index < -0.39 is 17.4 Å². The van der Waals surface area contributed by atoms with Gasteiger partial charge in [0, 0.05) is 24.6 Å². The summed E-state index contributed by atoms with van der Waals surface area (Å²) in [4.78, 5) is 19.7. The monoisotopic (exact) mass is 439 g/mol. The van der Waals surface area contributed by atoms with Gasteiger partial charge in [0.1, 0.15) is 23.6 Å². The number of carbonyl (C=O) groups excluding carboxylic acids is 1. The zero-order valence-corrected chi connectivity index (χ0v) is 18.1. The number of hydrogen-bond acceptors (Lipinski definition) is 7. The minimum Gasteiger partial charge on any atom is -0.494 e. The summed E-state index contributed by atoms with van der Waals surface area (Å²) >= 11 is 0. The van der Waals surface area contributed by atoms with Gasteiger partial charge in [-0.2, -0.15) is 9.89 Å². The zero-order valence-electron chi connectivity index (χ0n) is 18.1. The first kappa shape index (κ1) is 20.2. The lowest BCUT2D eigenvalue weighted by molar-refractivity contribution is 0.0638. The molecule has 0 spiro atoms. The molecule has 166 valence electrons. The van der Waals surface area contributed by atoms with Gasteiger partial charge in [-0.1, -0.05) is 25.3 Å². The van der Waals surface area contributed by atoms with Gasteiger partial charge in [0.25, 0.3) is 0 Å². The lowest BCUT2D eigenvalue weighted by Crippen LogP contribution is -2.41. The molecule has 0 unspecified atom stereocenters. The standard InChI is InChI=1S/C21H22FN7O3/c1-21(2,3)20-25-24-18(32-20)19(30)27-9-7-13-16(23-11-28(13)22)17(27)12-10-14-15(31-4)6-5-8-29(14)26-12/h5-6,8,10-11,17H,7,9H2,1-4H3/t17-/m0/s1. The summed E-state index contributed by atoms with van der Waals surface area (Å²) in [5.74, 6) is 0.411. The minimum absolute atomic E-state index is 0.121. The van der Waals surface area contributed by atoms with Crippen LogP contribution in [0.1, 0.15) is 60.5 Å². The lowest BCUT2D eigenvalue weighted by Gasteiger charge is -2.32. The third-order valence-corrected chi connectivity index (χ3v) is 5.50. The summed E-state index contributed by atoms with van der Waals surface area (Å²) < 4.78 is 27.1. The topological polar surface area (TPSA) is 104 Å². The van der Waals surface area contributed by atoms with Crippen molar-refractivity contribution in [3.05, 3.63) is 59.6 Å². The van der Waals surface area contributed by atoms with Crippen molar-refractivity contribution in [1.82, 2.24) is 34.5 Å². The molecule has 1 aliphatic heterocycles. The van der Waals surface area contributed by atoms with Gasteiger partial charge < -0.3 is 14.1 Å². The molecule has 5 heterocycles. The van der Waals surface area contributed by atoms with Crippen LogP contribution in [0, 0.1) is 0 Å². The molecular weight excluding hydrogens is 417 g/mol. The average molecular weight is 439 g/mol. The molecule has 10 nitrogen and oxygen atoms in total. The Morgan fingerprint density at radius 2 is 2.12 bits per heavy atom. The van der Waals surface area contributed by atoms with Gasteiger partial charge in [-0.25, -0.2) is 9.50 Å². The smallest absolute Gasteiger partial charge is 0.312 e. The number of ether oxygens (including phenoxy) is 1. The summed E-state index contributed by atoms with van der Waals surface area (Å²) in [5, 5.41) is 12.6. The molecule has 0 saturated carbocycles. The van der Waals surface area contributed by atoms with Crippen molar-refractivity contribution in [2.45, 2.75) is 38.6 Å². The van der Waals surface area contributed by atoms with Crippen LogP contribution in [0.3, 0.4) is 0 Å². The van der Waals surface area contributed by atoms with Crippen molar-refractivity contribution in [1.29, 1.82) is 0 Å². The number of methoxy groups -OCH3 is 1. The van der Waals surface area contributed by atoms with Gasteiger partial charge in [-0.3, -0.25) is 4.79 Å². The van der Waals surface area contributed by atoms with Crippen molar-refractivity contribution in [2.75, 3.05) is 13.7 Å². The van der Waals surface area contributed by atoms with Gasteiger partial charge in [0.15, 0.2) is 0 Å². The van der Waals surface area contributed by atoms with Gasteiger partial charge in [0.05, 0.1) is 24.2 Å². The van der Waals surface area contributed by atoms with Crippen molar-refractivity contribution >= 4 is 11.4 Å². The van der Waals surface area contributed by atoms with Gasteiger partial charge >= 0.3 is 11.8 Å². The van der Waals surface area contributed by atoms with E-state index in [0.29, 0.717) is 39.9 Å². The van der Waals surface area contributed by atoms with Crippen LogP contribution >= 0.6 is 0 Å². The normalized spacial score (nSPS) is 16.4. The molecular formula is C21H22FN7O3. The number of pyridine rings is 1. The fourth-order valence-corrected chi connectivity index (χ4v) is 3.90. The SMILES string of the molecule is COc1cccn2nc([C@H]3c4ncn(F)c4CCN3C(=O)c3nnc(C(C)(C)C)o3)cc12. The number of fused-ring (bicyclic) bond motifs is 2. The van der Waals surface area contributed by atoms with Crippen LogP contribution in [0.5, 0.6) is 5.75 Å². The van der Waals surface area contributed by atoms with Crippen molar-refractivity contribution in [3.63, 3.8) is 0 Å². The van der Waals surface area contributed by atoms with Gasteiger partial charge in [-0.05, 0) is 18.2 Å². The number of imidazole rings is 1. The number of amides is 1. The number of aromatic nitrogens is 6. The number of hydrogen-bond donors (Lipinski definition) is 0. The number of nitrogens with zero attached hydrogens (tertiary/aromatic N) is 7. The fourth-order valence-electron chi connectivity index (χ4n) is 3.90. The fraction of sp³-hybridized carbons (Fsp3) is 0.381. The Labute approximate surface area is 182 Å². The molecule has 0 fully saturated rings. The van der Waals surface area contributed by atoms with E-state index >= 15 is 0 Å². The van der Waals surface area contributed by atoms with Crippen molar-refractivity contribution < 1.29 is 18.4 Å². The molecule has 0 aromatic carbocycles. The van der Waals surface area contributed by atoms with Gasteiger partial charge in [0.2, 0.25) is 5.89 Å². The second-order valence-corrected chi connectivity index (χ2v) is 8.68. The van der Waals surface area contributed by atoms with E-state index in [1.54, 1.807) is 28.8 Å². The highest BCUT2D eigenvalue weighted by Gasteiger charge is 2.39. The maximum absolute atomic E-state index is 14.3. The van der Waals surface area contributed by atoms with Crippen LogP contribution in [-0.4, -0.2) is 54.0 Å². The van der Waals surface area contributed by atoms with Crippen LogP contribution in [0.4, 0.5) is 4.48 Å². The number of rotatable bonds is 3. The molecule has 0 N–H and O–H groups in total. The van der Waals surface area contributed by atoms with Crippen LogP contribution in [-0.2, 0) is 11.8 Å². The highest BCUT2D eigenvalue weighted by molar-refractivity contribution is 5.90. The second kappa shape index (κ2) is 7.14. The maximum Gasteiger partial charge on any atom is 0.312 e. The molecule has 5 rings (SSSR count). The maximum atomic E-state index is 14.3. The van der Waals surface area contributed by atoms with Crippen molar-refractivity contribution in [3.8, 4) is 5.75 Å². The predicted molar refractivity (Wildman–Crippen MR) is 110 cm³/mol. The Morgan fingerprint density at radius 1 is 1.31 bits per heavy atom. The first-order chi connectivity index (χ1) is 15.3. The Balaban J connectivity index is 1.61. The van der Waals surface area contributed by atoms with E-state index in [1.165, 1.54) is 0 Å². The first-order valence-electron chi connectivity index (χ1n) is 10.2. The van der Waals surface area contributed by atoms with E-state index in [1.807, 2.05) is 32.9 Å². The van der Waals surface area contributed by atoms with Crippen LogP contribution in [0.25, 0.3) is 5.52 Å². The van der Waals surface area contributed by atoms with Gasteiger partial charge in [-0.15, -0.1) is 10.2 Å². The molecule has 0 aliphatic carbocycles. The summed E-state index contributed by atoms with van der Waals surface area (Å²) in [6.45, 7) is 6.00. The Kier molecular flexibility index (Phi) is 4.50. The second-order valence-electron chi connectivity index (χ2n) is 8.68. The molecule has 11 heteroatoms. The Bertz CT molecular complexity index is 1320. The highest BCUT2D eigenvalue weighted by atomic mass is 19.2. The highest BCUT2D eigenvalue weighted by Crippen LogP contribution is 2.36. The van der Waals surface area contributed by atoms with E-state index in [-0.39, 0.29) is 12.4 Å². The molecule has 32 heavy (non-hydrogen) atoms. The average Bonchev–Trinajstić information content (AvgIpc) is 3.50. The summed E-state index contributed by atoms with van der Waals surface area (Å²) in [6, 6.07) is 4.71. The molecule has 1 atom stereocenters. The largest absolute Gasteiger partial charge is 0.494 e. The zero-order chi connectivity index (χ0) is 22.6. The molecule has 1 amide bonds. The van der Waals surface area contributed by atoms with Crippen LogP contribution in [0.15, 0.2) is 35.1 Å². The van der Waals surface area contributed by atoms with E-state index in [2.05, 4.69) is 20.3 Å². The number of carbonyl (C=O) groups is 1. The predicted octanol–water partition coefficient (Wildman–Crippen LogP) is 2.74. The molecule has 0 bridgehead atoms. The van der Waals surface area contributed by atoms with E-state index in [9.17, 15) is 9.28 Å². The Hall–Kier alpha value is -3.76. The van der Waals surface area contributed by atoms with Crippen LogP contribution < -0.4 is 4.74 Å². The molecule has 4 aromatic rings. The first-order valence-corrected chi connectivity index (χ1v) is 10.2. The summed E-state index contributed by atoms with van der Waals surface area (Å²) in [6.07, 6.45) is 3.18. The van der Waals surface area contributed by atoms with Crippen LogP contribution in [0.2, 0.25) is 0 Å². The van der Waals surface area contributed by atoms with Crippen molar-refractivity contribution in [2.24, 2.45) is 0 Å². The quantitative estimate of drug-likeness (QED) is 0.483. The van der Waals surface area contributed by atoms with E-state index in [0.717, 1.165) is 11.8 Å². The molecule has 0 radical (unpaired) electrons. The summed E-state index contributed by atoms with van der Waals surface area (Å²) in [7, 11) is 1.57. The molecule has 4 aromatic heterocycles. The lowest BCUT2D eigenvalue weighted by atomic mass is 9.97. The van der Waals surface area contributed by atoms with E-state index in [4.69, 9.17) is 9.15 Å².